The van der Waals surface area contributed by atoms with Crippen molar-refractivity contribution in [2.45, 2.75) is 31.7 Å². The fourth-order valence-electron chi connectivity index (χ4n) is 2.33. The van der Waals surface area contributed by atoms with Gasteiger partial charge in [0, 0.05) is 26.1 Å². The average molecular weight is 289 g/mol. The third-order valence-corrected chi connectivity index (χ3v) is 5.38. The monoisotopic (exact) mass is 289 g/mol. The predicted molar refractivity (Wildman–Crippen MR) is 68.8 cm³/mol. The maximum Gasteiger partial charge on any atom is 0.242 e. The molecule has 0 radical (unpaired) electrons. The number of hydrogen-bond acceptors (Lipinski definition) is 4. The van der Waals surface area contributed by atoms with Crippen molar-refractivity contribution in [2.24, 2.45) is 0 Å². The number of nitrogens with zero attached hydrogens (tertiary/aromatic N) is 1. The second kappa shape index (κ2) is 5.87. The molecule has 7 nitrogen and oxygen atoms in total. The molecule has 2 fully saturated rings. The van der Waals surface area contributed by atoms with Gasteiger partial charge in [0.2, 0.25) is 21.8 Å². The van der Waals surface area contributed by atoms with Gasteiger partial charge in [-0.3, -0.25) is 9.59 Å². The fraction of sp³-hybridized carbons (Fsp3) is 0.818. The fourth-order valence-corrected chi connectivity index (χ4v) is 3.93. The number of sulfonamides is 1. The van der Waals surface area contributed by atoms with E-state index in [1.165, 1.54) is 4.31 Å². The van der Waals surface area contributed by atoms with Crippen LogP contribution in [0.5, 0.6) is 0 Å². The molecule has 2 aliphatic rings. The Morgan fingerprint density at radius 1 is 1.42 bits per heavy atom. The van der Waals surface area contributed by atoms with Gasteiger partial charge < -0.3 is 10.6 Å². The zero-order valence-corrected chi connectivity index (χ0v) is 11.5. The van der Waals surface area contributed by atoms with Gasteiger partial charge in [-0.25, -0.2) is 12.7 Å². The number of nitrogens with one attached hydrogen (secondary N) is 2. The maximum absolute atomic E-state index is 11.7. The molecule has 0 aromatic heterocycles. The van der Waals surface area contributed by atoms with Crippen molar-refractivity contribution in [3.05, 3.63) is 0 Å². The van der Waals surface area contributed by atoms with Crippen LogP contribution in [-0.4, -0.2) is 56.0 Å². The molecular weight excluding hydrogens is 270 g/mol. The molecule has 0 aromatic carbocycles. The molecule has 0 bridgehead atoms. The molecule has 2 N–H and O–H groups in total. The Bertz CT molecular complexity index is 463. The van der Waals surface area contributed by atoms with E-state index in [-0.39, 0.29) is 24.1 Å². The molecule has 2 rings (SSSR count). The van der Waals surface area contributed by atoms with Gasteiger partial charge in [-0.15, -0.1) is 0 Å². The molecule has 1 atom stereocenters. The molecule has 0 saturated carbocycles. The molecule has 0 aliphatic carbocycles. The highest BCUT2D eigenvalue weighted by atomic mass is 32.2. The Morgan fingerprint density at radius 2 is 2.21 bits per heavy atom. The minimum Gasteiger partial charge on any atom is -0.353 e. The Morgan fingerprint density at radius 3 is 2.84 bits per heavy atom. The van der Waals surface area contributed by atoms with Gasteiger partial charge in [-0.1, -0.05) is 0 Å². The summed E-state index contributed by atoms with van der Waals surface area (Å²) in [5.74, 6) is -0.154. The van der Waals surface area contributed by atoms with Crippen LogP contribution in [0.2, 0.25) is 0 Å². The molecule has 19 heavy (non-hydrogen) atoms. The lowest BCUT2D eigenvalue weighted by Crippen LogP contribution is -2.46. The zero-order chi connectivity index (χ0) is 13.9. The lowest BCUT2D eigenvalue weighted by Gasteiger charge is -2.26. The van der Waals surface area contributed by atoms with Gasteiger partial charge >= 0.3 is 0 Å². The molecule has 0 aromatic rings. The van der Waals surface area contributed by atoms with Crippen molar-refractivity contribution in [1.29, 1.82) is 0 Å². The summed E-state index contributed by atoms with van der Waals surface area (Å²) >= 11 is 0. The second-order valence-electron chi connectivity index (χ2n) is 4.87. The highest BCUT2D eigenvalue weighted by Gasteiger charge is 2.28. The van der Waals surface area contributed by atoms with E-state index in [9.17, 15) is 18.0 Å². The molecule has 0 spiro atoms. The summed E-state index contributed by atoms with van der Waals surface area (Å²) in [5, 5.41) is 5.25. The first-order valence-corrected chi connectivity index (χ1v) is 8.15. The molecular formula is C11H19N3O4S. The minimum atomic E-state index is -3.14. The topological polar surface area (TPSA) is 95.6 Å². The highest BCUT2D eigenvalue weighted by Crippen LogP contribution is 2.12. The van der Waals surface area contributed by atoms with Crippen LogP contribution >= 0.6 is 0 Å². The summed E-state index contributed by atoms with van der Waals surface area (Å²) in [6.45, 7) is 1.11. The summed E-state index contributed by atoms with van der Waals surface area (Å²) in [7, 11) is -3.14. The van der Waals surface area contributed by atoms with Crippen LogP contribution in [0.3, 0.4) is 0 Å². The Hall–Kier alpha value is -1.15. The molecule has 108 valence electrons. The molecule has 8 heteroatoms. The Balaban J connectivity index is 1.74. The van der Waals surface area contributed by atoms with Crippen LogP contribution in [0, 0.1) is 0 Å². The molecule has 1 unspecified atom stereocenters. The first kappa shape index (κ1) is 14.3. The van der Waals surface area contributed by atoms with E-state index in [0.717, 1.165) is 6.42 Å². The van der Waals surface area contributed by atoms with E-state index < -0.39 is 16.1 Å². The number of amides is 2. The lowest BCUT2D eigenvalue weighted by atomic mass is 10.2. The van der Waals surface area contributed by atoms with Crippen LogP contribution in [0.1, 0.15) is 25.7 Å². The van der Waals surface area contributed by atoms with Gasteiger partial charge in [0.1, 0.15) is 6.04 Å². The van der Waals surface area contributed by atoms with E-state index in [4.69, 9.17) is 0 Å². The Labute approximate surface area is 112 Å². The number of carbonyl (C=O) groups is 2. The van der Waals surface area contributed by atoms with Crippen LogP contribution in [0.4, 0.5) is 0 Å². The number of carbonyl (C=O) groups excluding carboxylic acids is 2. The van der Waals surface area contributed by atoms with Crippen LogP contribution < -0.4 is 10.6 Å². The predicted octanol–water partition coefficient (Wildman–Crippen LogP) is -1.19. The van der Waals surface area contributed by atoms with E-state index in [2.05, 4.69) is 10.6 Å². The largest absolute Gasteiger partial charge is 0.353 e. The molecule has 2 heterocycles. The Kier molecular flexibility index (Phi) is 4.41. The van der Waals surface area contributed by atoms with Gasteiger partial charge in [0.15, 0.2) is 0 Å². The molecule has 2 saturated heterocycles. The van der Waals surface area contributed by atoms with Crippen molar-refractivity contribution < 1.29 is 18.0 Å². The van der Waals surface area contributed by atoms with Gasteiger partial charge in [-0.2, -0.15) is 0 Å². The summed E-state index contributed by atoms with van der Waals surface area (Å²) in [5.41, 5.74) is 0. The van der Waals surface area contributed by atoms with E-state index in [1.54, 1.807) is 0 Å². The van der Waals surface area contributed by atoms with Crippen LogP contribution in [0.15, 0.2) is 0 Å². The third kappa shape index (κ3) is 3.66. The smallest absolute Gasteiger partial charge is 0.242 e. The maximum atomic E-state index is 11.7. The van der Waals surface area contributed by atoms with Crippen molar-refractivity contribution in [1.82, 2.24) is 14.9 Å². The van der Waals surface area contributed by atoms with Crippen molar-refractivity contribution in [3.8, 4) is 0 Å². The van der Waals surface area contributed by atoms with Crippen molar-refractivity contribution in [2.75, 3.05) is 25.4 Å². The van der Waals surface area contributed by atoms with Gasteiger partial charge in [0.05, 0.1) is 5.75 Å². The standard InChI is InChI=1S/C11H19N3O4S/c15-10-4-3-9(13-10)11(16)12-5-7-14-6-1-2-8-19(14,17)18/h9H,1-8H2,(H,12,16)(H,13,15). The molecule has 2 amide bonds. The normalized spacial score (nSPS) is 26.9. The summed E-state index contributed by atoms with van der Waals surface area (Å²) in [6.07, 6.45) is 2.45. The number of hydrogen-bond donors (Lipinski definition) is 2. The average Bonchev–Trinajstić information content (AvgIpc) is 2.78. The first-order valence-electron chi connectivity index (χ1n) is 6.54. The van der Waals surface area contributed by atoms with Gasteiger partial charge in [0.25, 0.3) is 0 Å². The van der Waals surface area contributed by atoms with Crippen LogP contribution in [-0.2, 0) is 19.6 Å². The molecule has 2 aliphatic heterocycles. The summed E-state index contributed by atoms with van der Waals surface area (Å²) < 4.78 is 24.8. The lowest BCUT2D eigenvalue weighted by molar-refractivity contribution is -0.125. The quantitative estimate of drug-likeness (QED) is 0.680. The zero-order valence-electron chi connectivity index (χ0n) is 10.7. The summed E-state index contributed by atoms with van der Waals surface area (Å²) in [4.78, 5) is 22.7. The van der Waals surface area contributed by atoms with E-state index >= 15 is 0 Å². The van der Waals surface area contributed by atoms with Crippen molar-refractivity contribution >= 4 is 21.8 Å². The van der Waals surface area contributed by atoms with Crippen LogP contribution in [0.25, 0.3) is 0 Å². The first-order chi connectivity index (χ1) is 8.99. The van der Waals surface area contributed by atoms with Gasteiger partial charge in [-0.05, 0) is 19.3 Å². The van der Waals surface area contributed by atoms with Crippen molar-refractivity contribution in [3.63, 3.8) is 0 Å². The minimum absolute atomic E-state index is 0.112. The number of rotatable bonds is 4. The van der Waals surface area contributed by atoms with E-state index in [0.29, 0.717) is 32.4 Å². The van der Waals surface area contributed by atoms with E-state index in [1.807, 2.05) is 0 Å². The SMILES string of the molecule is O=C1CCC(C(=O)NCCN2CCCCS2(=O)=O)N1. The third-order valence-electron chi connectivity index (χ3n) is 3.43. The second-order valence-corrected chi connectivity index (χ2v) is 6.96. The summed E-state index contributed by atoms with van der Waals surface area (Å²) in [6, 6.07) is -0.467. The highest BCUT2D eigenvalue weighted by molar-refractivity contribution is 7.89.